The van der Waals surface area contributed by atoms with E-state index in [2.05, 4.69) is 151 Å². The van der Waals surface area contributed by atoms with Crippen LogP contribution in [0.3, 0.4) is 0 Å². The molecule has 11 rings (SSSR count). The Bertz CT molecular complexity index is 3240. The molecule has 0 aliphatic heterocycles. The van der Waals surface area contributed by atoms with Gasteiger partial charge in [-0.3, -0.25) is 4.98 Å². The molecule has 4 heterocycles. The van der Waals surface area contributed by atoms with Gasteiger partial charge in [0, 0.05) is 76.7 Å². The van der Waals surface area contributed by atoms with Crippen molar-refractivity contribution in [2.45, 2.75) is 0 Å². The van der Waals surface area contributed by atoms with Crippen LogP contribution in [0.15, 0.2) is 193 Å². The molecule has 4 nitrogen and oxygen atoms in total. The fraction of sp³-hybridized carbons (Fsp3) is 0. The monoisotopic (exact) mass is 733 g/mol. The number of pyridine rings is 1. The summed E-state index contributed by atoms with van der Waals surface area (Å²) in [5, 5.41) is 4.82. The fourth-order valence-electron chi connectivity index (χ4n) is 7.91. The summed E-state index contributed by atoms with van der Waals surface area (Å²) in [6.45, 7) is 0. The third-order valence-electron chi connectivity index (χ3n) is 10.6. The number of furan rings is 1. The number of fused-ring (bicyclic) bond motifs is 6. The van der Waals surface area contributed by atoms with Crippen molar-refractivity contribution in [1.29, 1.82) is 0 Å². The summed E-state index contributed by atoms with van der Waals surface area (Å²) in [5.74, 6) is 0.667. The Labute approximate surface area is 327 Å². The molecule has 0 fully saturated rings. The highest BCUT2D eigenvalue weighted by atomic mass is 32.1. The first kappa shape index (κ1) is 32.2. The van der Waals surface area contributed by atoms with Gasteiger partial charge in [-0.15, -0.1) is 11.3 Å². The van der Waals surface area contributed by atoms with E-state index in [0.717, 1.165) is 72.3 Å². The number of hydrogen-bond acceptors (Lipinski definition) is 5. The second kappa shape index (κ2) is 13.3. The number of hydrogen-bond donors (Lipinski definition) is 0. The Morgan fingerprint density at radius 2 is 1.11 bits per heavy atom. The van der Waals surface area contributed by atoms with Gasteiger partial charge >= 0.3 is 0 Å². The number of thiophene rings is 1. The Morgan fingerprint density at radius 3 is 1.96 bits per heavy atom. The van der Waals surface area contributed by atoms with Gasteiger partial charge in [-0.1, -0.05) is 140 Å². The van der Waals surface area contributed by atoms with Crippen LogP contribution in [0.1, 0.15) is 0 Å². The minimum absolute atomic E-state index is 0.667. The molecular weight excluding hydrogens is 703 g/mol. The molecule has 56 heavy (non-hydrogen) atoms. The fourth-order valence-corrected chi connectivity index (χ4v) is 9.14. The maximum absolute atomic E-state index is 6.73. The molecule has 0 atom stereocenters. The molecule has 0 unspecified atom stereocenters. The van der Waals surface area contributed by atoms with E-state index in [9.17, 15) is 0 Å². The highest BCUT2D eigenvalue weighted by Crippen LogP contribution is 2.46. The number of benzene rings is 7. The predicted molar refractivity (Wildman–Crippen MR) is 233 cm³/mol. The third kappa shape index (κ3) is 5.48. The van der Waals surface area contributed by atoms with Gasteiger partial charge in [0.05, 0.1) is 11.4 Å². The molecule has 262 valence electrons. The van der Waals surface area contributed by atoms with E-state index >= 15 is 0 Å². The molecule has 0 radical (unpaired) electrons. The van der Waals surface area contributed by atoms with Gasteiger partial charge in [-0.2, -0.15) is 0 Å². The molecule has 0 aliphatic carbocycles. The zero-order chi connectivity index (χ0) is 37.0. The molecule has 0 saturated heterocycles. The van der Waals surface area contributed by atoms with E-state index in [-0.39, 0.29) is 0 Å². The summed E-state index contributed by atoms with van der Waals surface area (Å²) >= 11 is 1.85. The van der Waals surface area contributed by atoms with Crippen LogP contribution in [-0.4, -0.2) is 15.0 Å². The van der Waals surface area contributed by atoms with Gasteiger partial charge in [0.2, 0.25) is 0 Å². The summed E-state index contributed by atoms with van der Waals surface area (Å²) < 4.78 is 9.32. The zero-order valence-corrected chi connectivity index (χ0v) is 30.9. The normalized spacial score (nSPS) is 11.6. The Kier molecular flexibility index (Phi) is 7.64. The molecule has 5 heteroatoms. The first-order valence-corrected chi connectivity index (χ1v) is 19.5. The largest absolute Gasteiger partial charge is 0.455 e. The first-order valence-electron chi connectivity index (χ1n) is 18.7. The second-order valence-corrected chi connectivity index (χ2v) is 15.0. The quantitative estimate of drug-likeness (QED) is 0.171. The number of nitrogens with zero attached hydrogens (tertiary/aromatic N) is 3. The van der Waals surface area contributed by atoms with Crippen LogP contribution in [0.4, 0.5) is 0 Å². The molecule has 0 amide bonds. The summed E-state index contributed by atoms with van der Waals surface area (Å²) in [5.41, 5.74) is 13.1. The van der Waals surface area contributed by atoms with Crippen molar-refractivity contribution in [3.8, 4) is 67.3 Å². The highest BCUT2D eigenvalue weighted by molar-refractivity contribution is 7.26. The van der Waals surface area contributed by atoms with Crippen molar-refractivity contribution in [3.63, 3.8) is 0 Å². The lowest BCUT2D eigenvalue weighted by molar-refractivity contribution is 0.670. The van der Waals surface area contributed by atoms with Gasteiger partial charge in [0.25, 0.3) is 0 Å². The van der Waals surface area contributed by atoms with Crippen LogP contribution in [0.25, 0.3) is 109 Å². The lowest BCUT2D eigenvalue weighted by Gasteiger charge is -2.12. The van der Waals surface area contributed by atoms with E-state index in [0.29, 0.717) is 5.82 Å². The Morgan fingerprint density at radius 1 is 0.429 bits per heavy atom. The maximum atomic E-state index is 6.73. The molecule has 0 aliphatic rings. The molecule has 4 aromatic heterocycles. The Balaban J connectivity index is 1.03. The Hall–Kier alpha value is -7.21. The van der Waals surface area contributed by atoms with Crippen LogP contribution in [-0.2, 0) is 0 Å². The van der Waals surface area contributed by atoms with Crippen LogP contribution in [0, 0.1) is 0 Å². The second-order valence-electron chi connectivity index (χ2n) is 14.0. The lowest BCUT2D eigenvalue weighted by Crippen LogP contribution is -1.96. The van der Waals surface area contributed by atoms with E-state index in [4.69, 9.17) is 14.4 Å². The average Bonchev–Trinajstić information content (AvgIpc) is 3.86. The van der Waals surface area contributed by atoms with Gasteiger partial charge in [0.15, 0.2) is 5.82 Å². The molecule has 0 bridgehead atoms. The van der Waals surface area contributed by atoms with Crippen molar-refractivity contribution in [2.24, 2.45) is 0 Å². The first-order chi connectivity index (χ1) is 27.7. The van der Waals surface area contributed by atoms with Crippen LogP contribution in [0.5, 0.6) is 0 Å². The molecule has 7 aromatic carbocycles. The van der Waals surface area contributed by atoms with Gasteiger partial charge < -0.3 is 4.42 Å². The third-order valence-corrected chi connectivity index (χ3v) is 11.8. The van der Waals surface area contributed by atoms with Crippen LogP contribution >= 0.6 is 11.3 Å². The van der Waals surface area contributed by atoms with E-state index in [1.165, 1.54) is 31.3 Å². The van der Waals surface area contributed by atoms with Crippen LogP contribution in [0.2, 0.25) is 0 Å². The highest BCUT2D eigenvalue weighted by Gasteiger charge is 2.20. The van der Waals surface area contributed by atoms with Crippen molar-refractivity contribution in [1.82, 2.24) is 15.0 Å². The van der Waals surface area contributed by atoms with Crippen molar-refractivity contribution in [2.75, 3.05) is 0 Å². The summed E-state index contributed by atoms with van der Waals surface area (Å²) in [6.07, 6.45) is 3.68. The summed E-state index contributed by atoms with van der Waals surface area (Å²) in [4.78, 5) is 14.6. The number of aromatic nitrogens is 3. The van der Waals surface area contributed by atoms with Crippen molar-refractivity contribution < 1.29 is 4.42 Å². The minimum atomic E-state index is 0.667. The van der Waals surface area contributed by atoms with E-state index in [1.807, 2.05) is 47.9 Å². The average molecular weight is 734 g/mol. The molecule has 11 aromatic rings. The SMILES string of the molecule is c1ccc(-c2cc(-c3cccc(-c4cccnc4)c3)nc(-c3ccc(-c4ccc(-c5cccc6c5sc5ccccc56)c5c4oc4ccccc45)cc3)n2)cc1. The smallest absolute Gasteiger partial charge is 0.160 e. The summed E-state index contributed by atoms with van der Waals surface area (Å²) in [6, 6.07) is 61.6. The lowest BCUT2D eigenvalue weighted by atomic mass is 9.93. The predicted octanol–water partition coefficient (Wildman–Crippen LogP) is 14.1. The van der Waals surface area contributed by atoms with Gasteiger partial charge in [-0.05, 0) is 53.1 Å². The van der Waals surface area contributed by atoms with Crippen LogP contribution < -0.4 is 0 Å². The molecule has 0 N–H and O–H groups in total. The number of rotatable bonds is 6. The van der Waals surface area contributed by atoms with Gasteiger partial charge in [-0.25, -0.2) is 9.97 Å². The zero-order valence-electron chi connectivity index (χ0n) is 30.1. The topological polar surface area (TPSA) is 51.8 Å². The van der Waals surface area contributed by atoms with Crippen molar-refractivity contribution >= 4 is 53.4 Å². The standard InChI is InChI=1S/C51H31N3OS/c1-2-11-33(12-3-1)44-30-45(36-14-8-13-35(29-36)37-15-10-28-52-31-37)54-51(53-44)34-24-22-32(23-25-34)38-26-27-40(48-43-17-4-6-20-46(43)55-49(38)48)42-19-9-18-41-39-16-5-7-21-47(39)56-50(41)42/h1-31H. The van der Waals surface area contributed by atoms with E-state index in [1.54, 1.807) is 6.20 Å². The van der Waals surface area contributed by atoms with Crippen molar-refractivity contribution in [3.05, 3.63) is 188 Å². The van der Waals surface area contributed by atoms with E-state index < -0.39 is 0 Å². The van der Waals surface area contributed by atoms with Gasteiger partial charge in [0.1, 0.15) is 11.2 Å². The molecule has 0 spiro atoms. The summed E-state index contributed by atoms with van der Waals surface area (Å²) in [7, 11) is 0. The molecular formula is C51H31N3OS. The maximum Gasteiger partial charge on any atom is 0.160 e. The molecule has 0 saturated carbocycles. The number of para-hydroxylation sites is 1. The minimum Gasteiger partial charge on any atom is -0.455 e.